The number of nitrogens with one attached hydrogen (secondary N) is 1. The second kappa shape index (κ2) is 10.4. The monoisotopic (exact) mass is 531 g/mol. The van der Waals surface area contributed by atoms with Gasteiger partial charge in [0.25, 0.3) is 0 Å². The highest BCUT2D eigenvalue weighted by Gasteiger charge is 2.27. The fourth-order valence-corrected chi connectivity index (χ4v) is 6.13. The van der Waals surface area contributed by atoms with E-state index in [2.05, 4.69) is 28.9 Å². The van der Waals surface area contributed by atoms with Gasteiger partial charge in [0.05, 0.1) is 11.4 Å². The molecule has 1 amide bonds. The molecule has 0 atom stereocenters. The fourth-order valence-electron chi connectivity index (χ4n) is 4.59. The lowest BCUT2D eigenvalue weighted by molar-refractivity contribution is -0.116. The Hall–Kier alpha value is -3.65. The third-order valence-electron chi connectivity index (χ3n) is 6.35. The zero-order valence-corrected chi connectivity index (χ0v) is 21.8. The van der Waals surface area contributed by atoms with Crippen molar-refractivity contribution >= 4 is 55.0 Å². The van der Waals surface area contributed by atoms with Gasteiger partial charge in [0.15, 0.2) is 0 Å². The molecule has 1 N–H and O–H groups in total. The van der Waals surface area contributed by atoms with Crippen molar-refractivity contribution in [3.8, 4) is 0 Å². The molecule has 4 aromatic carbocycles. The number of hydrogen-bond donors (Lipinski definition) is 1. The first kappa shape index (κ1) is 25.0. The van der Waals surface area contributed by atoms with E-state index in [0.717, 1.165) is 33.9 Å². The van der Waals surface area contributed by atoms with Gasteiger partial charge in [-0.3, -0.25) is 4.79 Å². The molecule has 0 unspecified atom stereocenters. The van der Waals surface area contributed by atoms with Gasteiger partial charge in [0.1, 0.15) is 0 Å². The van der Waals surface area contributed by atoms with Crippen molar-refractivity contribution in [1.82, 2.24) is 8.87 Å². The molecular formula is C29H26ClN3O3S. The van der Waals surface area contributed by atoms with E-state index in [-0.39, 0.29) is 18.0 Å². The predicted octanol–water partition coefficient (Wildman–Crippen LogP) is 6.30. The standard InChI is InChI=1S/C29H26ClN3O3S/c1-2-33-27-11-7-6-10-25(27)26-18-23(16-17-28(26)33)31-29(34)20-32(19-21-12-14-22(30)15-13-21)37(35,36)24-8-4-3-5-9-24/h3-18H,2,19-20H2,1H3,(H,31,34). The highest BCUT2D eigenvalue weighted by atomic mass is 35.5. The number of para-hydroxylation sites is 1. The Morgan fingerprint density at radius 3 is 2.27 bits per heavy atom. The molecule has 0 spiro atoms. The lowest BCUT2D eigenvalue weighted by atomic mass is 10.1. The number of anilines is 1. The number of nitrogens with zero attached hydrogens (tertiary/aromatic N) is 2. The van der Waals surface area contributed by atoms with Gasteiger partial charge in [-0.1, -0.05) is 60.1 Å². The molecule has 0 saturated carbocycles. The summed E-state index contributed by atoms with van der Waals surface area (Å²) in [6.07, 6.45) is 0. The summed E-state index contributed by atoms with van der Waals surface area (Å²) >= 11 is 6.00. The highest BCUT2D eigenvalue weighted by molar-refractivity contribution is 7.89. The van der Waals surface area contributed by atoms with Gasteiger partial charge in [-0.05, 0) is 61.0 Å². The number of aromatic nitrogens is 1. The average Bonchev–Trinajstić information content (AvgIpc) is 3.23. The van der Waals surface area contributed by atoms with E-state index in [1.807, 2.05) is 30.3 Å². The summed E-state index contributed by atoms with van der Waals surface area (Å²) < 4.78 is 30.3. The minimum Gasteiger partial charge on any atom is -0.341 e. The normalized spacial score (nSPS) is 11.9. The van der Waals surface area contributed by atoms with E-state index in [4.69, 9.17) is 11.6 Å². The van der Waals surface area contributed by atoms with Crippen LogP contribution >= 0.6 is 11.6 Å². The first-order valence-corrected chi connectivity index (χ1v) is 13.8. The van der Waals surface area contributed by atoms with Crippen LogP contribution in [0.3, 0.4) is 0 Å². The number of carbonyl (C=O) groups is 1. The maximum atomic E-state index is 13.5. The van der Waals surface area contributed by atoms with Crippen molar-refractivity contribution in [3.05, 3.63) is 108 Å². The molecule has 5 rings (SSSR count). The molecule has 37 heavy (non-hydrogen) atoms. The second-order valence-corrected chi connectivity index (χ2v) is 11.1. The Labute approximate surface area is 221 Å². The van der Waals surface area contributed by atoms with Crippen molar-refractivity contribution in [3.63, 3.8) is 0 Å². The van der Waals surface area contributed by atoms with E-state index in [1.54, 1.807) is 42.5 Å². The van der Waals surface area contributed by atoms with E-state index >= 15 is 0 Å². The Balaban J connectivity index is 1.43. The molecule has 188 valence electrons. The molecule has 1 aromatic heterocycles. The van der Waals surface area contributed by atoms with Crippen LogP contribution in [0.1, 0.15) is 12.5 Å². The number of benzene rings is 4. The molecule has 0 aliphatic carbocycles. The summed E-state index contributed by atoms with van der Waals surface area (Å²) in [6.45, 7) is 2.62. The lowest BCUT2D eigenvalue weighted by Gasteiger charge is -2.22. The Morgan fingerprint density at radius 2 is 1.54 bits per heavy atom. The SMILES string of the molecule is CCn1c2ccccc2c2cc(NC(=O)CN(Cc3ccc(Cl)cc3)S(=O)(=O)c3ccccc3)ccc21. The number of halogens is 1. The summed E-state index contributed by atoms with van der Waals surface area (Å²) in [5.41, 5.74) is 3.55. The Kier molecular flexibility index (Phi) is 7.02. The molecular weight excluding hydrogens is 506 g/mol. The molecule has 6 nitrogen and oxygen atoms in total. The number of hydrogen-bond acceptors (Lipinski definition) is 3. The number of rotatable bonds is 8. The summed E-state index contributed by atoms with van der Waals surface area (Å²) in [7, 11) is -3.92. The molecule has 1 heterocycles. The second-order valence-electron chi connectivity index (χ2n) is 8.75. The summed E-state index contributed by atoms with van der Waals surface area (Å²) in [5, 5.41) is 5.59. The molecule has 5 aromatic rings. The lowest BCUT2D eigenvalue weighted by Crippen LogP contribution is -2.37. The van der Waals surface area contributed by atoms with Crippen LogP contribution in [-0.2, 0) is 27.9 Å². The average molecular weight is 532 g/mol. The van der Waals surface area contributed by atoms with Crippen LogP contribution in [0.15, 0.2) is 102 Å². The number of aryl methyl sites for hydroxylation is 1. The minimum absolute atomic E-state index is 0.0326. The number of amides is 1. The van der Waals surface area contributed by atoms with Gasteiger partial charge in [0, 0.05) is 45.6 Å². The van der Waals surface area contributed by atoms with Crippen molar-refractivity contribution in [2.75, 3.05) is 11.9 Å². The van der Waals surface area contributed by atoms with Gasteiger partial charge in [-0.15, -0.1) is 0 Å². The summed E-state index contributed by atoms with van der Waals surface area (Å²) in [4.78, 5) is 13.3. The van der Waals surface area contributed by atoms with E-state index in [9.17, 15) is 13.2 Å². The first-order chi connectivity index (χ1) is 17.9. The molecule has 8 heteroatoms. The van der Waals surface area contributed by atoms with Gasteiger partial charge >= 0.3 is 0 Å². The number of fused-ring (bicyclic) bond motifs is 3. The fraction of sp³-hybridized carbons (Fsp3) is 0.138. The molecule has 0 radical (unpaired) electrons. The third-order valence-corrected chi connectivity index (χ3v) is 8.40. The maximum Gasteiger partial charge on any atom is 0.243 e. The van der Waals surface area contributed by atoms with E-state index < -0.39 is 15.9 Å². The Morgan fingerprint density at radius 1 is 0.865 bits per heavy atom. The van der Waals surface area contributed by atoms with Gasteiger partial charge < -0.3 is 9.88 Å². The zero-order valence-electron chi connectivity index (χ0n) is 20.3. The number of sulfonamides is 1. The van der Waals surface area contributed by atoms with Crippen LogP contribution in [0.4, 0.5) is 5.69 Å². The maximum absolute atomic E-state index is 13.5. The van der Waals surface area contributed by atoms with Crippen LogP contribution < -0.4 is 5.32 Å². The van der Waals surface area contributed by atoms with Gasteiger partial charge in [-0.2, -0.15) is 4.31 Å². The molecule has 0 saturated heterocycles. The molecule has 0 aliphatic heterocycles. The highest BCUT2D eigenvalue weighted by Crippen LogP contribution is 2.31. The van der Waals surface area contributed by atoms with Gasteiger partial charge in [-0.25, -0.2) is 8.42 Å². The smallest absolute Gasteiger partial charge is 0.243 e. The number of carbonyl (C=O) groups excluding carboxylic acids is 1. The first-order valence-electron chi connectivity index (χ1n) is 12.0. The quantitative estimate of drug-likeness (QED) is 0.255. The van der Waals surface area contributed by atoms with E-state index in [0.29, 0.717) is 10.7 Å². The third kappa shape index (κ3) is 5.11. The van der Waals surface area contributed by atoms with Crippen molar-refractivity contribution in [1.29, 1.82) is 0 Å². The molecule has 0 aliphatic rings. The van der Waals surface area contributed by atoms with Crippen LogP contribution in [0.5, 0.6) is 0 Å². The molecule has 0 bridgehead atoms. The summed E-state index contributed by atoms with van der Waals surface area (Å²) in [6, 6.07) is 29.0. The summed E-state index contributed by atoms with van der Waals surface area (Å²) in [5.74, 6) is -0.424. The predicted molar refractivity (Wildman–Crippen MR) is 149 cm³/mol. The minimum atomic E-state index is -3.92. The van der Waals surface area contributed by atoms with Gasteiger partial charge in [0.2, 0.25) is 15.9 Å². The van der Waals surface area contributed by atoms with Crippen LogP contribution in [-0.4, -0.2) is 29.7 Å². The van der Waals surface area contributed by atoms with Crippen LogP contribution in [0.2, 0.25) is 5.02 Å². The van der Waals surface area contributed by atoms with E-state index in [1.165, 1.54) is 16.4 Å². The van der Waals surface area contributed by atoms with Crippen molar-refractivity contribution in [2.24, 2.45) is 0 Å². The Bertz CT molecular complexity index is 1680. The van der Waals surface area contributed by atoms with Crippen LogP contribution in [0.25, 0.3) is 21.8 Å². The van der Waals surface area contributed by atoms with Crippen molar-refractivity contribution in [2.45, 2.75) is 24.9 Å². The zero-order chi connectivity index (χ0) is 26.0. The van der Waals surface area contributed by atoms with Crippen molar-refractivity contribution < 1.29 is 13.2 Å². The topological polar surface area (TPSA) is 71.4 Å². The molecule has 0 fully saturated rings. The van der Waals surface area contributed by atoms with Crippen LogP contribution in [0, 0.1) is 0 Å². The largest absolute Gasteiger partial charge is 0.341 e.